The zero-order valence-electron chi connectivity index (χ0n) is 9.95. The summed E-state index contributed by atoms with van der Waals surface area (Å²) in [7, 11) is 1.24. The van der Waals surface area contributed by atoms with Gasteiger partial charge in [0.05, 0.1) is 18.4 Å². The molecule has 0 aromatic carbocycles. The van der Waals surface area contributed by atoms with Crippen LogP contribution >= 0.6 is 11.3 Å². The number of halogens is 3. The Morgan fingerprint density at radius 1 is 1.32 bits per heavy atom. The van der Waals surface area contributed by atoms with E-state index in [1.807, 2.05) is 0 Å². The van der Waals surface area contributed by atoms with E-state index in [9.17, 15) is 22.8 Å². The summed E-state index contributed by atoms with van der Waals surface area (Å²) in [6, 6.07) is 3.00. The maximum Gasteiger partial charge on any atom is 0.411 e. The van der Waals surface area contributed by atoms with Crippen LogP contribution in [0.4, 0.5) is 13.2 Å². The largest absolute Gasteiger partial charge is 0.469 e. The van der Waals surface area contributed by atoms with Crippen molar-refractivity contribution in [1.29, 1.82) is 0 Å². The summed E-state index contributed by atoms with van der Waals surface area (Å²) in [5.41, 5.74) is 0. The minimum atomic E-state index is -4.45. The molecule has 1 heterocycles. The third-order valence-electron chi connectivity index (χ3n) is 1.98. The van der Waals surface area contributed by atoms with E-state index in [-0.39, 0.29) is 11.3 Å². The van der Waals surface area contributed by atoms with Crippen LogP contribution in [-0.4, -0.2) is 38.3 Å². The standard InChI is InChI=1S/C11H11F3O4S/c1-17-10(16)4-7-2-3-9(19-7)8(15)5-18-6-11(12,13)14/h2-3H,4-6H2,1H3. The van der Waals surface area contributed by atoms with E-state index in [4.69, 9.17) is 0 Å². The predicted octanol–water partition coefficient (Wildman–Crippen LogP) is 2.23. The van der Waals surface area contributed by atoms with Crippen LogP contribution in [0, 0.1) is 0 Å². The molecule has 19 heavy (non-hydrogen) atoms. The third kappa shape index (κ3) is 5.84. The number of esters is 1. The number of Topliss-reactive ketones (excluding diaryl/α,β-unsaturated/α-hetero) is 1. The first-order chi connectivity index (χ1) is 8.81. The van der Waals surface area contributed by atoms with Crippen LogP contribution in [0.1, 0.15) is 14.5 Å². The number of thiophene rings is 1. The average Bonchev–Trinajstić information content (AvgIpc) is 2.75. The van der Waals surface area contributed by atoms with Crippen LogP contribution < -0.4 is 0 Å². The number of methoxy groups -OCH3 is 1. The van der Waals surface area contributed by atoms with Gasteiger partial charge in [-0.25, -0.2) is 0 Å². The molecule has 0 unspecified atom stereocenters. The van der Waals surface area contributed by atoms with Gasteiger partial charge in [-0.05, 0) is 12.1 Å². The molecule has 0 radical (unpaired) electrons. The van der Waals surface area contributed by atoms with Gasteiger partial charge in [-0.1, -0.05) is 0 Å². The molecule has 0 bridgehead atoms. The van der Waals surface area contributed by atoms with Gasteiger partial charge >= 0.3 is 12.1 Å². The Morgan fingerprint density at radius 2 is 2.00 bits per heavy atom. The van der Waals surface area contributed by atoms with Crippen molar-refractivity contribution in [2.75, 3.05) is 20.3 Å². The van der Waals surface area contributed by atoms with Crippen molar-refractivity contribution in [3.8, 4) is 0 Å². The highest BCUT2D eigenvalue weighted by molar-refractivity contribution is 7.14. The molecule has 0 aliphatic heterocycles. The van der Waals surface area contributed by atoms with Crippen LogP contribution in [0.2, 0.25) is 0 Å². The summed E-state index contributed by atoms with van der Waals surface area (Å²) >= 11 is 1.03. The number of carbonyl (C=O) groups excluding carboxylic acids is 2. The number of ketones is 1. The van der Waals surface area contributed by atoms with Crippen LogP contribution in [0.5, 0.6) is 0 Å². The van der Waals surface area contributed by atoms with Crippen molar-refractivity contribution in [2.45, 2.75) is 12.6 Å². The van der Waals surface area contributed by atoms with Gasteiger partial charge in [0, 0.05) is 4.88 Å². The molecule has 1 aromatic heterocycles. The van der Waals surface area contributed by atoms with Crippen molar-refractivity contribution < 1.29 is 32.2 Å². The van der Waals surface area contributed by atoms with E-state index in [2.05, 4.69) is 9.47 Å². The second-order valence-corrected chi connectivity index (χ2v) is 4.72. The summed E-state index contributed by atoms with van der Waals surface area (Å²) in [4.78, 5) is 23.3. The molecule has 0 aliphatic carbocycles. The zero-order chi connectivity index (χ0) is 14.5. The maximum atomic E-state index is 11.8. The fourth-order valence-corrected chi connectivity index (χ4v) is 2.09. The van der Waals surface area contributed by atoms with Gasteiger partial charge in [-0.2, -0.15) is 13.2 Å². The molecule has 106 valence electrons. The van der Waals surface area contributed by atoms with E-state index in [1.54, 1.807) is 6.07 Å². The summed E-state index contributed by atoms with van der Waals surface area (Å²) in [5, 5.41) is 0. The Labute approximate surface area is 111 Å². The fourth-order valence-electron chi connectivity index (χ4n) is 1.17. The van der Waals surface area contributed by atoms with E-state index in [0.717, 1.165) is 11.3 Å². The van der Waals surface area contributed by atoms with Crippen LogP contribution in [0.25, 0.3) is 0 Å². The van der Waals surface area contributed by atoms with Crippen molar-refractivity contribution in [3.63, 3.8) is 0 Å². The molecular weight excluding hydrogens is 285 g/mol. The molecule has 1 aromatic rings. The van der Waals surface area contributed by atoms with Crippen LogP contribution in [0.3, 0.4) is 0 Å². The highest BCUT2D eigenvalue weighted by atomic mass is 32.1. The van der Waals surface area contributed by atoms with Gasteiger partial charge in [-0.15, -0.1) is 11.3 Å². The molecule has 0 atom stereocenters. The molecule has 8 heteroatoms. The Bertz CT molecular complexity index is 453. The first-order valence-corrected chi connectivity index (χ1v) is 5.96. The van der Waals surface area contributed by atoms with Crippen LogP contribution in [0.15, 0.2) is 12.1 Å². The van der Waals surface area contributed by atoms with Gasteiger partial charge < -0.3 is 9.47 Å². The van der Waals surface area contributed by atoms with Gasteiger partial charge in [0.15, 0.2) is 5.78 Å². The first kappa shape index (κ1) is 15.6. The molecule has 0 fully saturated rings. The summed E-state index contributed by atoms with van der Waals surface area (Å²) in [6.45, 7) is -2.10. The lowest BCUT2D eigenvalue weighted by Gasteiger charge is -2.05. The topological polar surface area (TPSA) is 52.6 Å². The quantitative estimate of drug-likeness (QED) is 0.596. The Morgan fingerprint density at radius 3 is 2.58 bits per heavy atom. The summed E-state index contributed by atoms with van der Waals surface area (Å²) in [5.74, 6) is -1.00. The van der Waals surface area contributed by atoms with Crippen molar-refractivity contribution >= 4 is 23.1 Å². The number of rotatable bonds is 6. The fraction of sp³-hybridized carbons (Fsp3) is 0.455. The van der Waals surface area contributed by atoms with Crippen LogP contribution in [-0.2, 0) is 20.7 Å². The predicted molar refractivity (Wildman–Crippen MR) is 61.2 cm³/mol. The number of hydrogen-bond donors (Lipinski definition) is 0. The normalized spacial score (nSPS) is 11.4. The summed E-state index contributed by atoms with van der Waals surface area (Å²) in [6.07, 6.45) is -4.43. The Balaban J connectivity index is 2.47. The second kappa shape index (κ2) is 6.67. The smallest absolute Gasteiger partial charge is 0.411 e. The minimum absolute atomic E-state index is 0.0256. The SMILES string of the molecule is COC(=O)Cc1ccc(C(=O)COCC(F)(F)F)s1. The lowest BCUT2D eigenvalue weighted by molar-refractivity contribution is -0.170. The van der Waals surface area contributed by atoms with Gasteiger partial charge in [-0.3, -0.25) is 9.59 Å². The summed E-state index contributed by atoms with van der Waals surface area (Å²) < 4.78 is 44.2. The number of carbonyl (C=O) groups is 2. The minimum Gasteiger partial charge on any atom is -0.469 e. The maximum absolute atomic E-state index is 11.8. The van der Waals surface area contributed by atoms with E-state index in [0.29, 0.717) is 4.88 Å². The molecule has 4 nitrogen and oxygen atoms in total. The van der Waals surface area contributed by atoms with Gasteiger partial charge in [0.1, 0.15) is 13.2 Å². The zero-order valence-corrected chi connectivity index (χ0v) is 10.8. The lowest BCUT2D eigenvalue weighted by Crippen LogP contribution is -2.20. The molecule has 0 aliphatic rings. The monoisotopic (exact) mass is 296 g/mol. The molecule has 1 rings (SSSR count). The number of ether oxygens (including phenoxy) is 2. The van der Waals surface area contributed by atoms with E-state index in [1.165, 1.54) is 13.2 Å². The average molecular weight is 296 g/mol. The first-order valence-electron chi connectivity index (χ1n) is 5.15. The molecule has 0 N–H and O–H groups in total. The number of alkyl halides is 3. The third-order valence-corrected chi connectivity index (χ3v) is 3.11. The molecule has 0 amide bonds. The van der Waals surface area contributed by atoms with Crippen molar-refractivity contribution in [2.24, 2.45) is 0 Å². The van der Waals surface area contributed by atoms with Crippen molar-refractivity contribution in [3.05, 3.63) is 21.9 Å². The molecule has 0 saturated carbocycles. The highest BCUT2D eigenvalue weighted by Crippen LogP contribution is 2.19. The van der Waals surface area contributed by atoms with E-state index < -0.39 is 31.1 Å². The van der Waals surface area contributed by atoms with Gasteiger partial charge in [0.25, 0.3) is 0 Å². The molecule has 0 saturated heterocycles. The molecular formula is C11H11F3O4S. The van der Waals surface area contributed by atoms with E-state index >= 15 is 0 Å². The Kier molecular flexibility index (Phi) is 5.49. The molecule has 0 spiro atoms. The second-order valence-electron chi connectivity index (χ2n) is 3.55. The Hall–Kier alpha value is -1.41. The van der Waals surface area contributed by atoms with Gasteiger partial charge in [0.2, 0.25) is 0 Å². The lowest BCUT2D eigenvalue weighted by atomic mass is 10.3. The van der Waals surface area contributed by atoms with Crippen molar-refractivity contribution in [1.82, 2.24) is 0 Å². The number of hydrogen-bond acceptors (Lipinski definition) is 5. The highest BCUT2D eigenvalue weighted by Gasteiger charge is 2.28.